The van der Waals surface area contributed by atoms with Gasteiger partial charge >= 0.3 is 0 Å². The van der Waals surface area contributed by atoms with Crippen molar-refractivity contribution in [1.29, 1.82) is 0 Å². The third kappa shape index (κ3) is 5.57. The molecular formula is C20H24N2O2S. The first-order valence-electron chi connectivity index (χ1n) is 8.44. The minimum atomic E-state index is -0.279. The molecule has 2 amide bonds. The molecule has 132 valence electrons. The highest BCUT2D eigenvalue weighted by Gasteiger charge is 2.17. The van der Waals surface area contributed by atoms with Gasteiger partial charge in [0.1, 0.15) is 5.70 Å². The van der Waals surface area contributed by atoms with Gasteiger partial charge in [0.15, 0.2) is 0 Å². The van der Waals surface area contributed by atoms with Crippen molar-refractivity contribution in [3.63, 3.8) is 0 Å². The minimum Gasteiger partial charge on any atom is -0.348 e. The molecular weight excluding hydrogens is 332 g/mol. The molecule has 0 saturated heterocycles. The van der Waals surface area contributed by atoms with Gasteiger partial charge in [-0.25, -0.2) is 0 Å². The summed E-state index contributed by atoms with van der Waals surface area (Å²) >= 11 is 1.52. The Labute approximate surface area is 153 Å². The number of rotatable bonds is 7. The molecule has 1 aromatic heterocycles. The van der Waals surface area contributed by atoms with E-state index < -0.39 is 0 Å². The van der Waals surface area contributed by atoms with Crippen molar-refractivity contribution >= 4 is 29.2 Å². The molecule has 0 unspecified atom stereocenters. The Kier molecular flexibility index (Phi) is 6.95. The topological polar surface area (TPSA) is 58.2 Å². The van der Waals surface area contributed by atoms with E-state index in [0.29, 0.717) is 5.56 Å². The van der Waals surface area contributed by atoms with Crippen molar-refractivity contribution in [3.05, 3.63) is 63.5 Å². The third-order valence-corrected chi connectivity index (χ3v) is 4.63. The zero-order valence-corrected chi connectivity index (χ0v) is 15.7. The smallest absolute Gasteiger partial charge is 0.268 e. The van der Waals surface area contributed by atoms with Gasteiger partial charge in [-0.05, 0) is 49.4 Å². The number of aryl methyl sites for hydroxylation is 1. The van der Waals surface area contributed by atoms with Crippen LogP contribution in [0.15, 0.2) is 47.5 Å². The Morgan fingerprint density at radius 2 is 1.96 bits per heavy atom. The number of nitrogens with one attached hydrogen (secondary N) is 2. The normalized spacial score (nSPS) is 12.5. The van der Waals surface area contributed by atoms with E-state index in [4.69, 9.17) is 0 Å². The number of benzene rings is 1. The molecule has 0 bridgehead atoms. The van der Waals surface area contributed by atoms with Gasteiger partial charge in [-0.1, -0.05) is 37.6 Å². The average molecular weight is 356 g/mol. The molecule has 25 heavy (non-hydrogen) atoms. The van der Waals surface area contributed by atoms with E-state index in [0.717, 1.165) is 23.3 Å². The molecule has 0 saturated carbocycles. The molecule has 0 radical (unpaired) electrons. The zero-order valence-electron chi connectivity index (χ0n) is 14.8. The minimum absolute atomic E-state index is 0.0552. The van der Waals surface area contributed by atoms with E-state index >= 15 is 0 Å². The van der Waals surface area contributed by atoms with E-state index in [1.54, 1.807) is 12.1 Å². The summed E-state index contributed by atoms with van der Waals surface area (Å²) < 4.78 is 0. The van der Waals surface area contributed by atoms with Crippen molar-refractivity contribution in [2.75, 3.05) is 0 Å². The van der Waals surface area contributed by atoms with Crippen LogP contribution < -0.4 is 10.6 Å². The van der Waals surface area contributed by atoms with Gasteiger partial charge in [0, 0.05) is 16.5 Å². The molecule has 2 rings (SSSR count). The first-order valence-corrected chi connectivity index (χ1v) is 9.32. The lowest BCUT2D eigenvalue weighted by atomic mass is 10.1. The Morgan fingerprint density at radius 1 is 1.20 bits per heavy atom. The van der Waals surface area contributed by atoms with E-state index in [2.05, 4.69) is 17.6 Å². The first kappa shape index (κ1) is 18.9. The van der Waals surface area contributed by atoms with Gasteiger partial charge in [0.05, 0.1) is 0 Å². The van der Waals surface area contributed by atoms with E-state index in [1.807, 2.05) is 49.6 Å². The highest BCUT2D eigenvalue weighted by molar-refractivity contribution is 7.10. The van der Waals surface area contributed by atoms with Gasteiger partial charge in [-0.2, -0.15) is 0 Å². The Hall–Kier alpha value is -2.40. The number of carbonyl (C=O) groups excluding carboxylic acids is 2. The predicted octanol–water partition coefficient (Wildman–Crippen LogP) is 4.13. The number of amides is 2. The van der Waals surface area contributed by atoms with Crippen LogP contribution in [-0.4, -0.2) is 17.9 Å². The van der Waals surface area contributed by atoms with Crippen LogP contribution in [0.25, 0.3) is 6.08 Å². The fraction of sp³-hybridized carbons (Fsp3) is 0.300. The van der Waals surface area contributed by atoms with Gasteiger partial charge < -0.3 is 10.6 Å². The fourth-order valence-electron chi connectivity index (χ4n) is 2.50. The fourth-order valence-corrected chi connectivity index (χ4v) is 3.16. The summed E-state index contributed by atoms with van der Waals surface area (Å²) in [6, 6.07) is 11.2. The lowest BCUT2D eigenvalue weighted by molar-refractivity contribution is -0.118. The standard InChI is InChI=1S/C20H24N2O2S/c1-4-8-15(3)21-20(24)18(13-16-10-7-12-25-16)22-19(23)17-11-6-5-9-14(17)2/h5-7,9-13,15H,4,8H2,1-3H3,(H,21,24)(H,22,23)/b18-13-/t15-/m1/s1. The average Bonchev–Trinajstić information content (AvgIpc) is 3.07. The molecule has 2 N–H and O–H groups in total. The summed E-state index contributed by atoms with van der Waals surface area (Å²) in [4.78, 5) is 26.1. The van der Waals surface area contributed by atoms with Crippen LogP contribution in [0.3, 0.4) is 0 Å². The van der Waals surface area contributed by atoms with Crippen molar-refractivity contribution in [2.24, 2.45) is 0 Å². The molecule has 0 aliphatic carbocycles. The zero-order chi connectivity index (χ0) is 18.2. The van der Waals surface area contributed by atoms with Gasteiger partial charge in [-0.15, -0.1) is 11.3 Å². The van der Waals surface area contributed by atoms with Crippen LogP contribution >= 0.6 is 11.3 Å². The monoisotopic (exact) mass is 356 g/mol. The highest BCUT2D eigenvalue weighted by Crippen LogP contribution is 2.14. The Morgan fingerprint density at radius 3 is 2.60 bits per heavy atom. The summed E-state index contributed by atoms with van der Waals surface area (Å²) in [5.41, 5.74) is 1.70. The molecule has 2 aromatic rings. The molecule has 1 heterocycles. The molecule has 5 heteroatoms. The van der Waals surface area contributed by atoms with Crippen LogP contribution in [-0.2, 0) is 4.79 Å². The van der Waals surface area contributed by atoms with Crippen LogP contribution in [0, 0.1) is 6.92 Å². The Balaban J connectivity index is 2.22. The second kappa shape index (κ2) is 9.18. The number of carbonyl (C=O) groups is 2. The lowest BCUT2D eigenvalue weighted by Gasteiger charge is -2.16. The second-order valence-corrected chi connectivity index (χ2v) is 6.98. The highest BCUT2D eigenvalue weighted by atomic mass is 32.1. The molecule has 4 nitrogen and oxygen atoms in total. The van der Waals surface area contributed by atoms with Gasteiger partial charge in [0.2, 0.25) is 0 Å². The number of thiophene rings is 1. The van der Waals surface area contributed by atoms with Gasteiger partial charge in [0.25, 0.3) is 11.8 Å². The van der Waals surface area contributed by atoms with Crippen molar-refractivity contribution in [3.8, 4) is 0 Å². The summed E-state index contributed by atoms with van der Waals surface area (Å²) in [6.07, 6.45) is 3.60. The third-order valence-electron chi connectivity index (χ3n) is 3.81. The van der Waals surface area contributed by atoms with E-state index in [9.17, 15) is 9.59 Å². The number of hydrogen-bond acceptors (Lipinski definition) is 3. The lowest BCUT2D eigenvalue weighted by Crippen LogP contribution is -2.39. The molecule has 0 spiro atoms. The molecule has 1 aromatic carbocycles. The summed E-state index contributed by atoms with van der Waals surface area (Å²) in [5.74, 6) is -0.546. The van der Waals surface area contributed by atoms with Crippen molar-refractivity contribution < 1.29 is 9.59 Å². The van der Waals surface area contributed by atoms with Crippen LogP contribution in [0.5, 0.6) is 0 Å². The summed E-state index contributed by atoms with van der Waals surface area (Å²) in [7, 11) is 0. The van der Waals surface area contributed by atoms with Crippen molar-refractivity contribution in [2.45, 2.75) is 39.7 Å². The Bertz CT molecular complexity index is 751. The maximum Gasteiger partial charge on any atom is 0.268 e. The van der Waals surface area contributed by atoms with E-state index in [1.165, 1.54) is 11.3 Å². The number of hydrogen-bond donors (Lipinski definition) is 2. The summed E-state index contributed by atoms with van der Waals surface area (Å²) in [5, 5.41) is 7.66. The quantitative estimate of drug-likeness (QED) is 0.733. The SMILES string of the molecule is CCC[C@@H](C)NC(=O)/C(=C/c1cccs1)NC(=O)c1ccccc1C. The maximum absolute atomic E-state index is 12.6. The largest absolute Gasteiger partial charge is 0.348 e. The molecule has 0 aliphatic heterocycles. The van der Waals surface area contributed by atoms with E-state index in [-0.39, 0.29) is 23.6 Å². The van der Waals surface area contributed by atoms with Crippen molar-refractivity contribution in [1.82, 2.24) is 10.6 Å². The maximum atomic E-state index is 12.6. The predicted molar refractivity (Wildman–Crippen MR) is 103 cm³/mol. The molecule has 0 fully saturated rings. The molecule has 1 atom stereocenters. The van der Waals surface area contributed by atoms with Crippen LogP contribution in [0.1, 0.15) is 47.5 Å². The summed E-state index contributed by atoms with van der Waals surface area (Å²) in [6.45, 7) is 5.92. The van der Waals surface area contributed by atoms with Crippen LogP contribution in [0.4, 0.5) is 0 Å². The second-order valence-electron chi connectivity index (χ2n) is 6.01. The first-order chi connectivity index (χ1) is 12.0. The van der Waals surface area contributed by atoms with Crippen LogP contribution in [0.2, 0.25) is 0 Å². The van der Waals surface area contributed by atoms with Gasteiger partial charge in [-0.3, -0.25) is 9.59 Å². The molecule has 0 aliphatic rings.